The summed E-state index contributed by atoms with van der Waals surface area (Å²) in [4.78, 5) is 7.42. The average Bonchev–Trinajstić information content (AvgIpc) is 2.64. The van der Waals surface area contributed by atoms with Crippen LogP contribution in [0.5, 0.6) is 0 Å². The van der Waals surface area contributed by atoms with Gasteiger partial charge in [-0.2, -0.15) is 0 Å². The van der Waals surface area contributed by atoms with E-state index < -0.39 is 9.84 Å². The minimum absolute atomic E-state index is 0. The van der Waals surface area contributed by atoms with Crippen LogP contribution in [0.25, 0.3) is 0 Å². The maximum atomic E-state index is 12.7. The van der Waals surface area contributed by atoms with Gasteiger partial charge in [0.25, 0.3) is 0 Å². The van der Waals surface area contributed by atoms with Crippen LogP contribution in [0, 0.1) is 0 Å². The van der Waals surface area contributed by atoms with Crippen LogP contribution in [0.2, 0.25) is 0 Å². The molecular formula is C21H39IN4O2S. The largest absolute Gasteiger partial charge is 0.357 e. The van der Waals surface area contributed by atoms with Crippen LogP contribution in [0.4, 0.5) is 0 Å². The van der Waals surface area contributed by atoms with E-state index >= 15 is 0 Å². The van der Waals surface area contributed by atoms with E-state index in [4.69, 9.17) is 0 Å². The average molecular weight is 539 g/mol. The molecule has 0 fully saturated rings. The third kappa shape index (κ3) is 10.1. The summed E-state index contributed by atoms with van der Waals surface area (Å²) in [5, 5.41) is 6.53. The first-order chi connectivity index (χ1) is 13.2. The van der Waals surface area contributed by atoms with Crippen molar-refractivity contribution in [2.24, 2.45) is 4.99 Å². The van der Waals surface area contributed by atoms with Gasteiger partial charge in [-0.15, -0.1) is 24.0 Å². The zero-order chi connectivity index (χ0) is 21.2. The molecule has 0 spiro atoms. The number of rotatable bonds is 11. The van der Waals surface area contributed by atoms with E-state index in [1.807, 2.05) is 19.9 Å². The first-order valence-corrected chi connectivity index (χ1v) is 11.9. The van der Waals surface area contributed by atoms with Gasteiger partial charge >= 0.3 is 0 Å². The minimum atomic E-state index is -3.34. The highest BCUT2D eigenvalue weighted by atomic mass is 127. The standard InChI is InChI=1S/C21H38N4O2S.HI/c1-7-19(16-28(26,27)20-12-10-9-11-13-20)24-21(22-8-2)23-14-15-25(17(3)4)18(5)6;/h9-13,17-19H,7-8,14-16H2,1-6H3,(H2,22,23,24);1H. The number of nitrogens with one attached hydrogen (secondary N) is 2. The molecule has 1 aromatic carbocycles. The Hall–Kier alpha value is -0.870. The third-order valence-corrected chi connectivity index (χ3v) is 6.49. The molecule has 0 aliphatic rings. The molecule has 0 bridgehead atoms. The molecule has 6 nitrogen and oxygen atoms in total. The smallest absolute Gasteiger partial charge is 0.191 e. The highest BCUT2D eigenvalue weighted by Gasteiger charge is 2.21. The Morgan fingerprint density at radius 2 is 1.66 bits per heavy atom. The lowest BCUT2D eigenvalue weighted by Crippen LogP contribution is -2.46. The van der Waals surface area contributed by atoms with Crippen molar-refractivity contribution in [3.63, 3.8) is 0 Å². The van der Waals surface area contributed by atoms with Gasteiger partial charge in [-0.25, -0.2) is 8.42 Å². The second-order valence-corrected chi connectivity index (χ2v) is 9.56. The second-order valence-electron chi connectivity index (χ2n) is 7.53. The van der Waals surface area contributed by atoms with Crippen molar-refractivity contribution in [3.05, 3.63) is 30.3 Å². The Kier molecular flexibility index (Phi) is 13.8. The molecule has 0 aliphatic heterocycles. The number of nitrogens with zero attached hydrogens (tertiary/aromatic N) is 2. The predicted octanol–water partition coefficient (Wildman–Crippen LogP) is 3.53. The van der Waals surface area contributed by atoms with Crippen molar-refractivity contribution in [1.82, 2.24) is 15.5 Å². The summed E-state index contributed by atoms with van der Waals surface area (Å²) in [6.45, 7) is 15.0. The lowest BCUT2D eigenvalue weighted by molar-refractivity contribution is 0.181. The van der Waals surface area contributed by atoms with Crippen molar-refractivity contribution >= 4 is 39.8 Å². The van der Waals surface area contributed by atoms with Crippen LogP contribution in [-0.4, -0.2) is 62.8 Å². The molecule has 2 N–H and O–H groups in total. The summed E-state index contributed by atoms with van der Waals surface area (Å²) >= 11 is 0. The topological polar surface area (TPSA) is 73.8 Å². The van der Waals surface area contributed by atoms with Crippen LogP contribution in [0.3, 0.4) is 0 Å². The van der Waals surface area contributed by atoms with Crippen LogP contribution in [0.1, 0.15) is 48.0 Å². The second kappa shape index (κ2) is 14.2. The summed E-state index contributed by atoms with van der Waals surface area (Å²) in [6, 6.07) is 9.35. The van der Waals surface area contributed by atoms with Gasteiger partial charge in [0.15, 0.2) is 15.8 Å². The van der Waals surface area contributed by atoms with Crippen molar-refractivity contribution in [1.29, 1.82) is 0 Å². The normalized spacial score (nSPS) is 13.5. The molecule has 8 heteroatoms. The minimum Gasteiger partial charge on any atom is -0.357 e. The molecule has 0 saturated heterocycles. The van der Waals surface area contributed by atoms with Crippen molar-refractivity contribution in [3.8, 4) is 0 Å². The van der Waals surface area contributed by atoms with Gasteiger partial charge < -0.3 is 10.6 Å². The summed E-state index contributed by atoms with van der Waals surface area (Å²) in [5.41, 5.74) is 0. The van der Waals surface area contributed by atoms with Crippen LogP contribution in [-0.2, 0) is 9.84 Å². The molecule has 1 unspecified atom stereocenters. The predicted molar refractivity (Wildman–Crippen MR) is 134 cm³/mol. The Bertz CT molecular complexity index is 686. The van der Waals surface area contributed by atoms with Gasteiger partial charge in [-0.1, -0.05) is 25.1 Å². The number of benzene rings is 1. The Labute approximate surface area is 194 Å². The van der Waals surface area contributed by atoms with E-state index in [2.05, 4.69) is 48.2 Å². The van der Waals surface area contributed by atoms with E-state index in [9.17, 15) is 8.42 Å². The first-order valence-electron chi connectivity index (χ1n) is 10.3. The summed E-state index contributed by atoms with van der Waals surface area (Å²) in [6.07, 6.45) is 0.695. The molecule has 0 heterocycles. The molecule has 0 saturated carbocycles. The zero-order valence-electron chi connectivity index (χ0n) is 18.7. The zero-order valence-corrected chi connectivity index (χ0v) is 21.8. The molecule has 1 aromatic rings. The highest BCUT2D eigenvalue weighted by molar-refractivity contribution is 14.0. The molecule has 1 atom stereocenters. The molecular weight excluding hydrogens is 499 g/mol. The van der Waals surface area contributed by atoms with E-state index in [0.717, 1.165) is 13.1 Å². The van der Waals surface area contributed by atoms with Gasteiger partial charge in [0.2, 0.25) is 0 Å². The Balaban J connectivity index is 0.00000784. The number of aliphatic imine (C=N–C) groups is 1. The van der Waals surface area contributed by atoms with Crippen molar-refractivity contribution in [2.45, 2.75) is 71.0 Å². The molecule has 0 aliphatic carbocycles. The number of hydrogen-bond acceptors (Lipinski definition) is 4. The van der Waals surface area contributed by atoms with Gasteiger partial charge in [0, 0.05) is 31.2 Å². The lowest BCUT2D eigenvalue weighted by atomic mass is 10.2. The fraction of sp³-hybridized carbons (Fsp3) is 0.667. The maximum Gasteiger partial charge on any atom is 0.191 e. The van der Waals surface area contributed by atoms with Gasteiger partial charge in [0.1, 0.15) is 0 Å². The van der Waals surface area contributed by atoms with Crippen LogP contribution in [0.15, 0.2) is 40.2 Å². The van der Waals surface area contributed by atoms with Gasteiger partial charge in [-0.3, -0.25) is 9.89 Å². The summed E-state index contributed by atoms with van der Waals surface area (Å²) in [7, 11) is -3.34. The third-order valence-electron chi connectivity index (χ3n) is 4.66. The van der Waals surface area contributed by atoms with Crippen molar-refractivity contribution < 1.29 is 8.42 Å². The number of sulfone groups is 1. The fourth-order valence-corrected chi connectivity index (χ4v) is 4.77. The van der Waals surface area contributed by atoms with E-state index in [1.165, 1.54) is 0 Å². The summed E-state index contributed by atoms with van der Waals surface area (Å²) < 4.78 is 25.4. The van der Waals surface area contributed by atoms with E-state index in [-0.39, 0.29) is 35.8 Å². The molecule has 0 aromatic heterocycles. The number of halogens is 1. The Morgan fingerprint density at radius 3 is 2.14 bits per heavy atom. The molecule has 168 valence electrons. The quantitative estimate of drug-likeness (QED) is 0.256. The highest BCUT2D eigenvalue weighted by Crippen LogP contribution is 2.12. The lowest BCUT2D eigenvalue weighted by Gasteiger charge is -2.30. The first kappa shape index (κ1) is 28.1. The summed E-state index contributed by atoms with van der Waals surface area (Å²) in [5.74, 6) is 0.715. The maximum absolute atomic E-state index is 12.7. The van der Waals surface area contributed by atoms with Crippen molar-refractivity contribution in [2.75, 3.05) is 25.4 Å². The monoisotopic (exact) mass is 538 g/mol. The van der Waals surface area contributed by atoms with Crippen LogP contribution < -0.4 is 10.6 Å². The number of hydrogen-bond donors (Lipinski definition) is 2. The van der Waals surface area contributed by atoms with E-state index in [1.54, 1.807) is 24.3 Å². The molecule has 0 amide bonds. The fourth-order valence-electron chi connectivity index (χ4n) is 3.15. The van der Waals surface area contributed by atoms with Gasteiger partial charge in [-0.05, 0) is 53.2 Å². The number of guanidine groups is 1. The van der Waals surface area contributed by atoms with Gasteiger partial charge in [0.05, 0.1) is 17.2 Å². The SMILES string of the molecule is CCNC(=NCCN(C(C)C)C(C)C)NC(CC)CS(=O)(=O)c1ccccc1.I. The van der Waals surface area contributed by atoms with E-state index in [0.29, 0.717) is 35.9 Å². The Morgan fingerprint density at radius 1 is 1.07 bits per heavy atom. The molecule has 1 rings (SSSR count). The molecule has 29 heavy (non-hydrogen) atoms. The van der Waals surface area contributed by atoms with Crippen LogP contribution >= 0.6 is 24.0 Å². The molecule has 0 radical (unpaired) electrons.